The van der Waals surface area contributed by atoms with E-state index in [1.54, 1.807) is 35.9 Å². The van der Waals surface area contributed by atoms with E-state index in [4.69, 9.17) is 20.9 Å². The fraction of sp³-hybridized carbons (Fsp3) is 0.205. The van der Waals surface area contributed by atoms with Crippen LogP contribution in [0.1, 0.15) is 75.1 Å². The average molecular weight is 564 g/mol. The Balaban J connectivity index is 1.71. The summed E-state index contributed by atoms with van der Waals surface area (Å²) < 4.78 is 130. The van der Waals surface area contributed by atoms with Gasteiger partial charge >= 0.3 is 0 Å². The van der Waals surface area contributed by atoms with Crippen LogP contribution in [0.2, 0.25) is 0 Å². The average Bonchev–Trinajstić information content (AvgIpc) is 3.63. The number of aryl methyl sites for hydroxylation is 2. The normalized spacial score (nSPS) is 18.6. The molecule has 7 aromatic rings. The van der Waals surface area contributed by atoms with E-state index in [1.165, 1.54) is 4.57 Å². The number of fused-ring (bicyclic) bond motifs is 4. The molecule has 0 N–H and O–H groups in total. The molecule has 0 amide bonds. The van der Waals surface area contributed by atoms with Gasteiger partial charge in [-0.05, 0) is 59.7 Å². The van der Waals surface area contributed by atoms with Crippen molar-refractivity contribution in [3.8, 4) is 28.2 Å². The summed E-state index contributed by atoms with van der Waals surface area (Å²) in [5.74, 6) is -6.65. The third-order valence-electron chi connectivity index (χ3n) is 7.99. The summed E-state index contributed by atoms with van der Waals surface area (Å²) in [6.45, 7) is -12.4. The van der Waals surface area contributed by atoms with Crippen LogP contribution in [0.5, 0.6) is 0 Å². The lowest BCUT2D eigenvalue weighted by atomic mass is 9.92. The summed E-state index contributed by atoms with van der Waals surface area (Å²) in [6.07, 6.45) is 0. The van der Waals surface area contributed by atoms with Gasteiger partial charge in [-0.2, -0.15) is 4.57 Å². The van der Waals surface area contributed by atoms with Crippen molar-refractivity contribution in [2.45, 2.75) is 46.1 Å². The monoisotopic (exact) mass is 563 g/mol. The summed E-state index contributed by atoms with van der Waals surface area (Å²) in [5.41, 5.74) is 2.78. The number of rotatable bonds is 5. The molecule has 0 unspecified atom stereocenters. The lowest BCUT2D eigenvalue weighted by Gasteiger charge is -2.18. The summed E-state index contributed by atoms with van der Waals surface area (Å²) >= 11 is 0. The van der Waals surface area contributed by atoms with E-state index < -0.39 is 56.0 Å². The molecule has 0 radical (unpaired) electrons. The van der Waals surface area contributed by atoms with Crippen molar-refractivity contribution in [1.82, 2.24) is 4.57 Å². The zero-order chi connectivity index (χ0) is 41.0. The zero-order valence-corrected chi connectivity index (χ0v) is 23.1. The maximum absolute atomic E-state index is 9.39. The lowest BCUT2D eigenvalue weighted by Crippen LogP contribution is -2.30. The van der Waals surface area contributed by atoms with E-state index in [2.05, 4.69) is 0 Å². The first kappa shape index (κ1) is 15.0. The fourth-order valence-electron chi connectivity index (χ4n) is 6.04. The number of hydrogen-bond donors (Lipinski definition) is 0. The Hall–Kier alpha value is -4.63. The molecule has 0 bridgehead atoms. The van der Waals surface area contributed by atoms with Crippen molar-refractivity contribution >= 4 is 33.0 Å². The molecular weight excluding hydrogens is 512 g/mol. The van der Waals surface area contributed by atoms with E-state index in [1.807, 2.05) is 67.6 Å². The Labute approximate surface area is 267 Å². The van der Waals surface area contributed by atoms with E-state index in [-0.39, 0.29) is 11.3 Å². The van der Waals surface area contributed by atoms with E-state index in [0.717, 1.165) is 34.7 Å². The van der Waals surface area contributed by atoms with Crippen molar-refractivity contribution in [1.29, 1.82) is 0 Å². The molecule has 5 aromatic carbocycles. The summed E-state index contributed by atoms with van der Waals surface area (Å²) in [7, 11) is 1.70. The van der Waals surface area contributed by atoms with Crippen LogP contribution in [0, 0.1) is 6.92 Å². The van der Waals surface area contributed by atoms with Crippen LogP contribution in [-0.4, -0.2) is 4.57 Å². The number of hydrogen-bond acceptors (Lipinski definition) is 1. The van der Waals surface area contributed by atoms with Crippen LogP contribution >= 0.6 is 0 Å². The number of furan rings is 1. The van der Waals surface area contributed by atoms with Crippen molar-refractivity contribution in [2.75, 3.05) is 0 Å². The first-order valence-corrected chi connectivity index (χ1v) is 13.6. The Morgan fingerprint density at radius 2 is 1.45 bits per heavy atom. The van der Waals surface area contributed by atoms with E-state index >= 15 is 0 Å². The smallest absolute Gasteiger partial charge is 0.299 e. The van der Waals surface area contributed by atoms with Gasteiger partial charge in [0.05, 0.1) is 7.05 Å². The molecule has 7 rings (SSSR count). The number of imidazole rings is 1. The van der Waals surface area contributed by atoms with Crippen LogP contribution in [0.4, 0.5) is 0 Å². The number of para-hydroxylation sites is 3. The predicted molar refractivity (Wildman–Crippen MR) is 176 cm³/mol. The Morgan fingerprint density at radius 3 is 2.19 bits per heavy atom. The summed E-state index contributed by atoms with van der Waals surface area (Å²) in [4.78, 5) is 0. The molecule has 0 saturated heterocycles. The maximum Gasteiger partial charge on any atom is 0.299 e. The Bertz CT molecular complexity index is 2560. The number of aromatic nitrogens is 2. The third kappa shape index (κ3) is 3.99. The molecule has 0 atom stereocenters. The second-order valence-electron chi connectivity index (χ2n) is 10.5. The highest BCUT2D eigenvalue weighted by atomic mass is 16.3. The standard InChI is InChI=1S/C39H37N2O/c1-24(2)29-15-12-16-30(25(3)4)37(29)41-34-18-11-10-17-33(34)40(6)39(41)36-26(5)19-21-31-32-23-28(27-13-8-7-9-14-27)20-22-35(32)42-38(31)36/h7-25H,1-6H3/q+1/i1D3,2D3,3D3,4D3,24D,25D. The van der Waals surface area contributed by atoms with Gasteiger partial charge in [0.1, 0.15) is 16.8 Å². The number of benzene rings is 5. The first-order chi connectivity index (χ1) is 25.9. The van der Waals surface area contributed by atoms with Gasteiger partial charge in [0, 0.05) is 41.1 Å². The Morgan fingerprint density at radius 1 is 0.738 bits per heavy atom. The minimum Gasteiger partial charge on any atom is -0.455 e. The SMILES string of the molecule is [2H]C([2H])([2H])C([2H])(c1cccc(C([2H])(C([2H])([2H])[2H])C([2H])([2H])[2H])c1-n1c(-c2c(C)ccc3c2oc2ccc(-c4ccccc4)cc23)[n+](C)c2ccccc21)C([2H])([2H])[2H]. The molecule has 42 heavy (non-hydrogen) atoms. The molecule has 0 saturated carbocycles. The van der Waals surface area contributed by atoms with E-state index in [9.17, 15) is 2.74 Å². The third-order valence-corrected chi connectivity index (χ3v) is 7.99. The summed E-state index contributed by atoms with van der Waals surface area (Å²) in [6, 6.07) is 29.4. The van der Waals surface area contributed by atoms with Crippen molar-refractivity contribution in [3.63, 3.8) is 0 Å². The number of nitrogens with zero attached hydrogens (tertiary/aromatic N) is 2. The molecule has 0 spiro atoms. The van der Waals surface area contributed by atoms with Crippen molar-refractivity contribution in [2.24, 2.45) is 7.05 Å². The van der Waals surface area contributed by atoms with Crippen molar-refractivity contribution in [3.05, 3.63) is 120 Å². The minimum absolute atomic E-state index is 0.224. The van der Waals surface area contributed by atoms with E-state index in [0.29, 0.717) is 33.2 Å². The molecule has 2 heterocycles. The van der Waals surface area contributed by atoms with Crippen LogP contribution in [0.3, 0.4) is 0 Å². The Kier molecular flexibility index (Phi) is 3.58. The maximum atomic E-state index is 9.39. The molecule has 208 valence electrons. The van der Waals surface area contributed by atoms with Gasteiger partial charge in [-0.1, -0.05) is 106 Å². The van der Waals surface area contributed by atoms with Gasteiger partial charge < -0.3 is 4.42 Å². The molecular formula is C39H37N2O+. The lowest BCUT2D eigenvalue weighted by molar-refractivity contribution is -0.633. The zero-order valence-electron chi connectivity index (χ0n) is 37.1. The first-order valence-electron chi connectivity index (χ1n) is 20.6. The largest absolute Gasteiger partial charge is 0.455 e. The molecule has 0 aliphatic heterocycles. The van der Waals surface area contributed by atoms with Gasteiger partial charge in [-0.3, -0.25) is 0 Å². The van der Waals surface area contributed by atoms with Crippen LogP contribution in [0.25, 0.3) is 61.2 Å². The molecule has 2 aromatic heterocycles. The second-order valence-corrected chi connectivity index (χ2v) is 10.5. The van der Waals surface area contributed by atoms with Crippen LogP contribution in [-0.2, 0) is 7.05 Å². The fourth-order valence-corrected chi connectivity index (χ4v) is 6.04. The van der Waals surface area contributed by atoms with Crippen molar-refractivity contribution < 1.29 is 28.2 Å². The quantitative estimate of drug-likeness (QED) is 0.191. The van der Waals surface area contributed by atoms with Crippen LogP contribution < -0.4 is 4.57 Å². The molecule has 3 nitrogen and oxygen atoms in total. The molecule has 0 aliphatic rings. The highest BCUT2D eigenvalue weighted by Crippen LogP contribution is 2.42. The topological polar surface area (TPSA) is 21.9 Å². The highest BCUT2D eigenvalue weighted by Gasteiger charge is 2.33. The highest BCUT2D eigenvalue weighted by molar-refractivity contribution is 6.11. The van der Waals surface area contributed by atoms with Gasteiger partial charge in [0.25, 0.3) is 5.82 Å². The van der Waals surface area contributed by atoms with Gasteiger partial charge in [0.15, 0.2) is 16.6 Å². The molecule has 0 aliphatic carbocycles. The molecule has 3 heteroatoms. The predicted octanol–water partition coefficient (Wildman–Crippen LogP) is 10.2. The minimum atomic E-state index is -3.56. The van der Waals surface area contributed by atoms with Crippen LogP contribution in [0.15, 0.2) is 108 Å². The second kappa shape index (κ2) is 10.0. The van der Waals surface area contributed by atoms with Gasteiger partial charge in [-0.25, -0.2) is 4.57 Å². The van der Waals surface area contributed by atoms with Gasteiger partial charge in [-0.15, -0.1) is 0 Å². The summed E-state index contributed by atoms with van der Waals surface area (Å²) in [5, 5.41) is 1.47. The van der Waals surface area contributed by atoms with Gasteiger partial charge in [0.2, 0.25) is 0 Å². The molecule has 0 fully saturated rings.